The Balaban J connectivity index is 1.16. The van der Waals surface area contributed by atoms with E-state index >= 15 is 0 Å². The van der Waals surface area contributed by atoms with Crippen molar-refractivity contribution in [1.29, 1.82) is 5.26 Å². The van der Waals surface area contributed by atoms with E-state index in [1.807, 2.05) is 0 Å². The summed E-state index contributed by atoms with van der Waals surface area (Å²) in [4.78, 5) is 5.31. The molecular weight excluding hydrogens is 564 g/mol. The molecule has 8 aliphatic rings. The van der Waals surface area contributed by atoms with Crippen molar-refractivity contribution in [3.05, 3.63) is 143 Å². The fourth-order valence-electron chi connectivity index (χ4n) is 9.51. The second-order valence-corrected chi connectivity index (χ2v) is 13.9. The molecule has 1 saturated heterocycles. The Labute approximate surface area is 271 Å². The molecule has 2 heterocycles. The number of amidine groups is 1. The van der Waals surface area contributed by atoms with E-state index < -0.39 is 0 Å². The zero-order valence-corrected chi connectivity index (χ0v) is 26.1. The summed E-state index contributed by atoms with van der Waals surface area (Å²) in [7, 11) is 0. The van der Waals surface area contributed by atoms with Gasteiger partial charge < -0.3 is 10.1 Å². The van der Waals surface area contributed by atoms with E-state index in [4.69, 9.17) is 9.73 Å². The summed E-state index contributed by atoms with van der Waals surface area (Å²) in [6.07, 6.45) is 36.5. The predicted molar refractivity (Wildman–Crippen MR) is 182 cm³/mol. The van der Waals surface area contributed by atoms with Crippen molar-refractivity contribution in [3.8, 4) is 6.07 Å². The summed E-state index contributed by atoms with van der Waals surface area (Å²) in [5, 5.41) is 17.8. The maximum absolute atomic E-state index is 10.1. The van der Waals surface area contributed by atoms with Crippen molar-refractivity contribution in [2.24, 2.45) is 40.0 Å². The molecule has 0 radical (unpaired) electrons. The molecule has 2 aliphatic heterocycles. The predicted octanol–water partition coefficient (Wildman–Crippen LogP) is 7.50. The topological polar surface area (TPSA) is 69.4 Å². The first kappa shape index (κ1) is 27.9. The van der Waals surface area contributed by atoms with Crippen molar-refractivity contribution in [2.75, 3.05) is 0 Å². The van der Waals surface area contributed by atoms with Crippen LogP contribution in [0.25, 0.3) is 0 Å². The molecule has 1 spiro atoms. The van der Waals surface area contributed by atoms with Crippen LogP contribution in [-0.2, 0) is 4.74 Å². The Hall–Kier alpha value is -4.40. The molecule has 9 atom stereocenters. The van der Waals surface area contributed by atoms with Gasteiger partial charge in [-0.1, -0.05) is 103 Å². The number of allylic oxidation sites excluding steroid dienone is 12. The Morgan fingerprint density at radius 2 is 1.83 bits per heavy atom. The van der Waals surface area contributed by atoms with Gasteiger partial charge in [-0.3, -0.25) is 5.32 Å². The van der Waals surface area contributed by atoms with E-state index in [1.165, 1.54) is 28.7 Å². The number of hydrogen-bond donors (Lipinski definition) is 2. The van der Waals surface area contributed by atoms with E-state index in [1.54, 1.807) is 0 Å². The lowest BCUT2D eigenvalue weighted by Gasteiger charge is -2.53. The second-order valence-electron chi connectivity index (χ2n) is 13.9. The molecule has 5 heteroatoms. The van der Waals surface area contributed by atoms with E-state index in [0.717, 1.165) is 49.3 Å². The first-order valence-corrected chi connectivity index (χ1v) is 17.2. The van der Waals surface area contributed by atoms with Crippen molar-refractivity contribution in [2.45, 2.75) is 57.0 Å². The van der Waals surface area contributed by atoms with E-state index in [2.05, 4.69) is 126 Å². The molecule has 0 aromatic heterocycles. The van der Waals surface area contributed by atoms with Gasteiger partial charge in [0.05, 0.1) is 18.2 Å². The molecule has 1 aromatic rings. The first-order chi connectivity index (χ1) is 22.7. The standard InChI is InChI=1S/C41H40N4O/c42-25-26-19-21-30-31-24-29(40-44-38(27-11-3-1-4-12-27)43-39(45-40)28-13-5-2-6-14-28)20-22-32(31)41(35(30)23-26)33-15-7-9-17-36(33)46-37-18-10-8-16-34(37)41/h1,3-5,7,9,11-13,15-22,24,26,28,31-33,36,39-40,45H,2,6,8,10,14,23H2,(H,43,44). The van der Waals surface area contributed by atoms with Crippen LogP contribution < -0.4 is 10.6 Å². The molecule has 6 aliphatic carbocycles. The van der Waals surface area contributed by atoms with Crippen LogP contribution in [0.3, 0.4) is 0 Å². The van der Waals surface area contributed by atoms with Crippen LogP contribution in [0.5, 0.6) is 0 Å². The Morgan fingerprint density at radius 3 is 2.70 bits per heavy atom. The largest absolute Gasteiger partial charge is 0.486 e. The number of hydrogen-bond acceptors (Lipinski definition) is 5. The van der Waals surface area contributed by atoms with Gasteiger partial charge in [-0.2, -0.15) is 5.26 Å². The lowest BCUT2D eigenvalue weighted by molar-refractivity contribution is 0.0199. The van der Waals surface area contributed by atoms with Crippen LogP contribution in [0.1, 0.15) is 44.1 Å². The van der Waals surface area contributed by atoms with Gasteiger partial charge in [-0.05, 0) is 61.8 Å². The van der Waals surface area contributed by atoms with Gasteiger partial charge in [0.25, 0.3) is 0 Å². The third-order valence-electron chi connectivity index (χ3n) is 11.5. The van der Waals surface area contributed by atoms with Crippen LogP contribution >= 0.6 is 0 Å². The van der Waals surface area contributed by atoms with Gasteiger partial charge in [0.2, 0.25) is 0 Å². The number of rotatable bonds is 3. The summed E-state index contributed by atoms with van der Waals surface area (Å²) in [5.41, 5.74) is 6.26. The molecule has 1 aromatic carbocycles. The van der Waals surface area contributed by atoms with Gasteiger partial charge in [-0.25, -0.2) is 4.99 Å². The third kappa shape index (κ3) is 4.27. The lowest BCUT2D eigenvalue weighted by Crippen LogP contribution is -2.58. The minimum absolute atomic E-state index is 0.0161. The molecule has 46 heavy (non-hydrogen) atoms. The Kier molecular flexibility index (Phi) is 6.75. The fraction of sp³-hybridized carbons (Fsp3) is 0.366. The molecule has 1 fully saturated rings. The molecule has 9 rings (SSSR count). The van der Waals surface area contributed by atoms with Gasteiger partial charge in [0.15, 0.2) is 0 Å². The highest BCUT2D eigenvalue weighted by Crippen LogP contribution is 2.68. The zero-order chi connectivity index (χ0) is 30.7. The van der Waals surface area contributed by atoms with E-state index in [-0.39, 0.29) is 47.5 Å². The molecule has 5 nitrogen and oxygen atoms in total. The molecule has 9 unspecified atom stereocenters. The maximum Gasteiger partial charge on any atom is 0.131 e. The maximum atomic E-state index is 10.1. The van der Waals surface area contributed by atoms with Crippen molar-refractivity contribution in [1.82, 2.24) is 10.6 Å². The van der Waals surface area contributed by atoms with Gasteiger partial charge in [0.1, 0.15) is 23.9 Å². The van der Waals surface area contributed by atoms with Crippen LogP contribution in [0.2, 0.25) is 0 Å². The quantitative estimate of drug-likeness (QED) is 0.351. The Bertz CT molecular complexity index is 1790. The molecule has 2 N–H and O–H groups in total. The monoisotopic (exact) mass is 604 g/mol. The van der Waals surface area contributed by atoms with Crippen molar-refractivity contribution in [3.63, 3.8) is 0 Å². The number of aliphatic imine (C=N–C) groups is 1. The van der Waals surface area contributed by atoms with Crippen LogP contribution in [0, 0.1) is 46.3 Å². The number of nitrogens with zero attached hydrogens (tertiary/aromatic N) is 2. The lowest BCUT2D eigenvalue weighted by atomic mass is 9.53. The van der Waals surface area contributed by atoms with Gasteiger partial charge >= 0.3 is 0 Å². The summed E-state index contributed by atoms with van der Waals surface area (Å²) < 4.78 is 6.70. The third-order valence-corrected chi connectivity index (χ3v) is 11.5. The van der Waals surface area contributed by atoms with E-state index in [9.17, 15) is 5.26 Å². The summed E-state index contributed by atoms with van der Waals surface area (Å²) >= 11 is 0. The zero-order valence-electron chi connectivity index (χ0n) is 26.1. The molecule has 0 bridgehead atoms. The number of nitriles is 1. The molecule has 0 saturated carbocycles. The van der Waals surface area contributed by atoms with Crippen LogP contribution in [-0.4, -0.2) is 24.3 Å². The summed E-state index contributed by atoms with van der Waals surface area (Å²) in [6, 6.07) is 13.1. The first-order valence-electron chi connectivity index (χ1n) is 17.2. The van der Waals surface area contributed by atoms with Crippen LogP contribution in [0.4, 0.5) is 0 Å². The number of nitrogens with one attached hydrogen (secondary N) is 2. The van der Waals surface area contributed by atoms with Gasteiger partial charge in [0, 0.05) is 40.2 Å². The smallest absolute Gasteiger partial charge is 0.131 e. The van der Waals surface area contributed by atoms with Crippen molar-refractivity contribution < 1.29 is 4.74 Å². The Morgan fingerprint density at radius 1 is 0.935 bits per heavy atom. The average Bonchev–Trinajstić information content (AvgIpc) is 3.41. The van der Waals surface area contributed by atoms with Gasteiger partial charge in [-0.15, -0.1) is 0 Å². The number of benzene rings is 1. The van der Waals surface area contributed by atoms with E-state index in [0.29, 0.717) is 5.92 Å². The number of ether oxygens (including phenoxy) is 1. The average molecular weight is 605 g/mol. The highest BCUT2D eigenvalue weighted by Gasteiger charge is 2.62. The summed E-state index contributed by atoms with van der Waals surface area (Å²) in [5.74, 6) is 2.91. The second kappa shape index (κ2) is 11.1. The minimum Gasteiger partial charge on any atom is -0.486 e. The van der Waals surface area contributed by atoms with Crippen LogP contribution in [0.15, 0.2) is 142 Å². The molecule has 230 valence electrons. The highest BCUT2D eigenvalue weighted by atomic mass is 16.5. The van der Waals surface area contributed by atoms with Crippen molar-refractivity contribution >= 4 is 5.84 Å². The summed E-state index contributed by atoms with van der Waals surface area (Å²) in [6.45, 7) is 0. The molecular formula is C41H40N4O. The minimum atomic E-state index is -0.246. The molecule has 0 amide bonds. The SMILES string of the molecule is N#CC1C=CC2=C(C1)C1(C3=CCCC=C3OC3C=CC=CC31)C1C=CC(C3N=C(c4ccccc4)NC(C4C=CCCC4)N3)=CC21. The fourth-order valence-corrected chi connectivity index (χ4v) is 9.51. The number of fused-ring (bicyclic) bond motifs is 8. The highest BCUT2D eigenvalue weighted by molar-refractivity contribution is 5.99. The normalized spacial score (nSPS) is 38.2.